The highest BCUT2D eigenvalue weighted by atomic mass is 16.1. The number of pyridine rings is 2. The van der Waals surface area contributed by atoms with Crippen molar-refractivity contribution in [3.63, 3.8) is 0 Å². The number of hydrogen-bond acceptors (Lipinski definition) is 7. The van der Waals surface area contributed by atoms with Crippen molar-refractivity contribution in [1.29, 1.82) is 0 Å². The molecule has 1 fully saturated rings. The first-order valence-electron chi connectivity index (χ1n) is 11.1. The summed E-state index contributed by atoms with van der Waals surface area (Å²) in [6, 6.07) is 12.0. The number of rotatable bonds is 4. The summed E-state index contributed by atoms with van der Waals surface area (Å²) in [5.74, 6) is 0.638. The summed E-state index contributed by atoms with van der Waals surface area (Å²) >= 11 is 0. The van der Waals surface area contributed by atoms with Gasteiger partial charge in [0.15, 0.2) is 5.65 Å². The Morgan fingerprint density at radius 3 is 2.73 bits per heavy atom. The van der Waals surface area contributed by atoms with E-state index in [4.69, 9.17) is 0 Å². The van der Waals surface area contributed by atoms with Crippen LogP contribution in [0.25, 0.3) is 16.8 Å². The minimum Gasteiger partial charge on any atom is -0.368 e. The molecule has 1 aromatic carbocycles. The van der Waals surface area contributed by atoms with Crippen molar-refractivity contribution in [2.75, 3.05) is 43.4 Å². The molecule has 2 N–H and O–H groups in total. The van der Waals surface area contributed by atoms with Gasteiger partial charge in [-0.3, -0.25) is 4.79 Å². The van der Waals surface area contributed by atoms with Crippen LogP contribution in [0.1, 0.15) is 15.9 Å². The molecule has 0 spiro atoms. The van der Waals surface area contributed by atoms with Crippen LogP contribution in [0.15, 0.2) is 55.1 Å². The molecule has 2 aliphatic rings. The van der Waals surface area contributed by atoms with Gasteiger partial charge in [-0.2, -0.15) is 5.10 Å². The molecule has 0 aliphatic carbocycles. The lowest BCUT2D eigenvalue weighted by atomic mass is 9.96. The average molecular weight is 441 g/mol. The maximum Gasteiger partial charge on any atom is 0.254 e. The Balaban J connectivity index is 1.29. The van der Waals surface area contributed by atoms with Crippen molar-refractivity contribution in [3.8, 4) is 11.1 Å². The first-order valence-corrected chi connectivity index (χ1v) is 11.1. The van der Waals surface area contributed by atoms with Crippen LogP contribution in [0.4, 0.5) is 17.2 Å². The first-order chi connectivity index (χ1) is 16.2. The molecule has 2 aliphatic heterocycles. The molecule has 9 heteroatoms. The maximum absolute atomic E-state index is 12.7. The molecule has 4 aromatic rings. The van der Waals surface area contributed by atoms with Crippen molar-refractivity contribution < 1.29 is 4.79 Å². The maximum atomic E-state index is 12.7. The van der Waals surface area contributed by atoms with Crippen LogP contribution in [0, 0.1) is 0 Å². The number of amides is 1. The summed E-state index contributed by atoms with van der Waals surface area (Å²) in [4.78, 5) is 26.3. The lowest BCUT2D eigenvalue weighted by Gasteiger charge is -2.33. The van der Waals surface area contributed by atoms with Crippen LogP contribution < -0.4 is 15.5 Å². The van der Waals surface area contributed by atoms with Crippen molar-refractivity contribution in [3.05, 3.63) is 66.2 Å². The van der Waals surface area contributed by atoms with Crippen molar-refractivity contribution >= 4 is 28.7 Å². The van der Waals surface area contributed by atoms with Crippen molar-refractivity contribution in [1.82, 2.24) is 29.8 Å². The highest BCUT2D eigenvalue weighted by molar-refractivity contribution is 6.06. The second-order valence-electron chi connectivity index (χ2n) is 8.49. The van der Waals surface area contributed by atoms with E-state index >= 15 is 0 Å². The third-order valence-corrected chi connectivity index (χ3v) is 6.44. The smallest absolute Gasteiger partial charge is 0.254 e. The molecule has 0 bridgehead atoms. The minimum absolute atomic E-state index is 0.0769. The molecule has 3 aromatic heterocycles. The number of nitrogens with zero attached hydrogens (tertiary/aromatic N) is 6. The number of nitrogens with one attached hydrogen (secondary N) is 2. The fraction of sp³-hybridized carbons (Fsp3) is 0.250. The van der Waals surface area contributed by atoms with Gasteiger partial charge in [0.2, 0.25) is 0 Å². The number of piperazine rings is 1. The minimum atomic E-state index is -0.0769. The summed E-state index contributed by atoms with van der Waals surface area (Å²) < 4.78 is 1.72. The highest BCUT2D eigenvalue weighted by Gasteiger charge is 2.26. The summed E-state index contributed by atoms with van der Waals surface area (Å²) in [6.07, 6.45) is 5.31. The van der Waals surface area contributed by atoms with Crippen LogP contribution in [0.5, 0.6) is 0 Å². The summed E-state index contributed by atoms with van der Waals surface area (Å²) in [5.41, 5.74) is 6.30. The highest BCUT2D eigenvalue weighted by Crippen LogP contribution is 2.35. The molecular weight excluding hydrogens is 416 g/mol. The predicted octanol–water partition coefficient (Wildman–Crippen LogP) is 2.53. The zero-order valence-electron chi connectivity index (χ0n) is 18.3. The Hall–Kier alpha value is -3.98. The molecule has 0 atom stereocenters. The molecular formula is C24H24N8O. The van der Waals surface area contributed by atoms with E-state index in [0.29, 0.717) is 17.9 Å². The molecule has 0 saturated carbocycles. The van der Waals surface area contributed by atoms with Gasteiger partial charge in [0.25, 0.3) is 5.91 Å². The molecule has 33 heavy (non-hydrogen) atoms. The second kappa shape index (κ2) is 7.86. The average Bonchev–Trinajstić information content (AvgIpc) is 3.47. The van der Waals surface area contributed by atoms with Crippen molar-refractivity contribution in [2.45, 2.75) is 6.54 Å². The summed E-state index contributed by atoms with van der Waals surface area (Å²) in [5, 5.41) is 10.5. The third-order valence-electron chi connectivity index (χ3n) is 6.44. The van der Waals surface area contributed by atoms with Crippen LogP contribution in [0.2, 0.25) is 0 Å². The fourth-order valence-electron chi connectivity index (χ4n) is 4.55. The van der Waals surface area contributed by atoms with Gasteiger partial charge in [-0.05, 0) is 54.1 Å². The van der Waals surface area contributed by atoms with Gasteiger partial charge >= 0.3 is 0 Å². The summed E-state index contributed by atoms with van der Waals surface area (Å²) in [6.45, 7) is 4.60. The molecule has 166 valence electrons. The van der Waals surface area contributed by atoms with Gasteiger partial charge in [-0.25, -0.2) is 14.5 Å². The largest absolute Gasteiger partial charge is 0.368 e. The van der Waals surface area contributed by atoms with Crippen LogP contribution >= 0.6 is 0 Å². The normalized spacial score (nSPS) is 16.2. The number of likely N-dealkylation sites (N-methyl/N-ethyl adjacent to an activating group) is 1. The number of hydrogen-bond donors (Lipinski definition) is 2. The van der Waals surface area contributed by atoms with Crippen LogP contribution in [-0.4, -0.2) is 63.6 Å². The SMILES string of the molecule is CN1CCN(c2ccc(Nc3ccc(-c4ccn5ncnc5c4)c4c3C(=O)NC4)nc2)CC1. The van der Waals surface area contributed by atoms with Gasteiger partial charge < -0.3 is 20.4 Å². The van der Waals surface area contributed by atoms with E-state index in [9.17, 15) is 4.79 Å². The second-order valence-corrected chi connectivity index (χ2v) is 8.49. The molecule has 1 amide bonds. The zero-order chi connectivity index (χ0) is 22.4. The third kappa shape index (κ3) is 3.56. The number of benzene rings is 1. The van der Waals surface area contributed by atoms with Gasteiger partial charge in [0.1, 0.15) is 12.1 Å². The van der Waals surface area contributed by atoms with E-state index in [1.54, 1.807) is 4.52 Å². The molecule has 0 radical (unpaired) electrons. The molecule has 0 unspecified atom stereocenters. The van der Waals surface area contributed by atoms with E-state index in [2.05, 4.69) is 48.6 Å². The standard InChI is InChI=1S/C24H24N8O/c1-30-8-10-31(11-9-30)17-2-5-21(25-13-17)29-20-4-3-18(19-14-26-24(33)23(19)20)16-6-7-32-22(12-16)27-15-28-32/h2-7,12-13,15H,8-11,14H2,1H3,(H,25,29)(H,26,33). The van der Waals surface area contributed by atoms with Crippen LogP contribution in [0.3, 0.4) is 0 Å². The summed E-state index contributed by atoms with van der Waals surface area (Å²) in [7, 11) is 2.15. The zero-order valence-corrected chi connectivity index (χ0v) is 18.3. The van der Waals surface area contributed by atoms with Gasteiger partial charge in [-0.1, -0.05) is 6.07 Å². The quantitative estimate of drug-likeness (QED) is 0.504. The van der Waals surface area contributed by atoms with E-state index in [0.717, 1.165) is 59.9 Å². The van der Waals surface area contributed by atoms with Crippen molar-refractivity contribution in [2.24, 2.45) is 0 Å². The topological polar surface area (TPSA) is 90.7 Å². The van der Waals surface area contributed by atoms with E-state index in [1.807, 2.05) is 42.7 Å². The lowest BCUT2D eigenvalue weighted by molar-refractivity contribution is 0.0966. The van der Waals surface area contributed by atoms with E-state index in [1.165, 1.54) is 6.33 Å². The Morgan fingerprint density at radius 1 is 1.03 bits per heavy atom. The number of carbonyl (C=O) groups is 1. The first kappa shape index (κ1) is 19.7. The molecule has 9 nitrogen and oxygen atoms in total. The lowest BCUT2D eigenvalue weighted by Crippen LogP contribution is -2.44. The van der Waals surface area contributed by atoms with Gasteiger partial charge in [0.05, 0.1) is 23.1 Å². The van der Waals surface area contributed by atoms with Gasteiger partial charge in [-0.15, -0.1) is 0 Å². The molecule has 6 rings (SSSR count). The number of aromatic nitrogens is 4. The number of anilines is 3. The van der Waals surface area contributed by atoms with E-state index < -0.39 is 0 Å². The number of carbonyl (C=O) groups excluding carboxylic acids is 1. The Labute approximate surface area is 191 Å². The van der Waals surface area contributed by atoms with E-state index in [-0.39, 0.29) is 5.91 Å². The fourth-order valence-corrected chi connectivity index (χ4v) is 4.55. The number of fused-ring (bicyclic) bond motifs is 2. The molecule has 1 saturated heterocycles. The Bertz CT molecular complexity index is 1340. The monoisotopic (exact) mass is 440 g/mol. The molecule has 5 heterocycles. The Morgan fingerprint density at radius 2 is 1.91 bits per heavy atom. The van der Waals surface area contributed by atoms with Gasteiger partial charge in [0, 0.05) is 38.9 Å². The Kier molecular flexibility index (Phi) is 4.69. The van der Waals surface area contributed by atoms with Crippen LogP contribution in [-0.2, 0) is 6.54 Å². The predicted molar refractivity (Wildman–Crippen MR) is 127 cm³/mol.